The third-order valence-electron chi connectivity index (χ3n) is 3.01. The van der Waals surface area contributed by atoms with E-state index in [9.17, 15) is 9.90 Å². The number of carbonyl (C=O) groups excluding carboxylic acids is 1. The molecular formula is C14H20N2O3. The molecule has 1 amide bonds. The van der Waals surface area contributed by atoms with Crippen LogP contribution in [0.3, 0.4) is 0 Å². The van der Waals surface area contributed by atoms with Crippen LogP contribution in [0.2, 0.25) is 0 Å². The molecule has 2 rings (SSSR count). The van der Waals surface area contributed by atoms with Gasteiger partial charge in [0.05, 0.1) is 6.04 Å². The van der Waals surface area contributed by atoms with Gasteiger partial charge in [0.2, 0.25) is 0 Å². The Kier molecular flexibility index (Phi) is 3.41. The highest BCUT2D eigenvalue weighted by atomic mass is 16.6. The first-order valence-corrected chi connectivity index (χ1v) is 6.32. The van der Waals surface area contributed by atoms with Crippen LogP contribution in [0.1, 0.15) is 32.4 Å². The normalized spacial score (nSPS) is 22.8. The summed E-state index contributed by atoms with van der Waals surface area (Å²) in [5.74, 6) is 0.195. The topological polar surface area (TPSA) is 75.8 Å². The smallest absolute Gasteiger partial charge is 0.410 e. The summed E-state index contributed by atoms with van der Waals surface area (Å²) in [6.07, 6.45) is -0.354. The summed E-state index contributed by atoms with van der Waals surface area (Å²) >= 11 is 0. The predicted molar refractivity (Wildman–Crippen MR) is 71.8 cm³/mol. The fourth-order valence-corrected chi connectivity index (χ4v) is 2.14. The molecule has 3 N–H and O–H groups in total. The number of hydrogen-bond donors (Lipinski definition) is 2. The van der Waals surface area contributed by atoms with Crippen molar-refractivity contribution in [3.63, 3.8) is 0 Å². The van der Waals surface area contributed by atoms with Crippen LogP contribution in [0.4, 0.5) is 4.79 Å². The maximum Gasteiger partial charge on any atom is 0.410 e. The Morgan fingerprint density at radius 2 is 1.95 bits per heavy atom. The van der Waals surface area contributed by atoms with Crippen molar-refractivity contribution in [1.29, 1.82) is 0 Å². The molecule has 5 heteroatoms. The van der Waals surface area contributed by atoms with Gasteiger partial charge < -0.3 is 15.6 Å². The number of nitrogens with two attached hydrogens (primary N) is 1. The number of phenolic OH excluding ortho intramolecular Hbond substituents is 1. The molecule has 0 aromatic heterocycles. The highest BCUT2D eigenvalue weighted by Gasteiger charge is 2.42. The highest BCUT2D eigenvalue weighted by molar-refractivity contribution is 5.70. The van der Waals surface area contributed by atoms with E-state index in [0.29, 0.717) is 6.54 Å². The Morgan fingerprint density at radius 1 is 1.37 bits per heavy atom. The fraction of sp³-hybridized carbons (Fsp3) is 0.500. The lowest BCUT2D eigenvalue weighted by Crippen LogP contribution is -2.60. The molecule has 2 atom stereocenters. The minimum atomic E-state index is -0.518. The number of nitrogens with zero attached hydrogens (tertiary/aromatic N) is 1. The number of hydrogen-bond acceptors (Lipinski definition) is 4. The van der Waals surface area contributed by atoms with Crippen LogP contribution in [0.15, 0.2) is 24.3 Å². The zero-order chi connectivity index (χ0) is 14.2. The van der Waals surface area contributed by atoms with Gasteiger partial charge >= 0.3 is 6.09 Å². The molecule has 1 fully saturated rings. The number of benzene rings is 1. The number of aromatic hydroxyl groups is 1. The number of likely N-dealkylation sites (tertiary alicyclic amines) is 1. The van der Waals surface area contributed by atoms with E-state index in [0.717, 1.165) is 5.56 Å². The molecule has 5 nitrogen and oxygen atoms in total. The van der Waals surface area contributed by atoms with E-state index in [1.807, 2.05) is 20.8 Å². The van der Waals surface area contributed by atoms with Gasteiger partial charge in [-0.3, -0.25) is 4.90 Å². The van der Waals surface area contributed by atoms with Crippen LogP contribution in [-0.2, 0) is 4.74 Å². The van der Waals surface area contributed by atoms with E-state index in [1.165, 1.54) is 0 Å². The second kappa shape index (κ2) is 4.74. The number of ether oxygens (including phenoxy) is 1. The van der Waals surface area contributed by atoms with Crippen LogP contribution in [0.5, 0.6) is 5.75 Å². The lowest BCUT2D eigenvalue weighted by molar-refractivity contribution is -0.0134. The first-order chi connectivity index (χ1) is 8.78. The molecular weight excluding hydrogens is 244 g/mol. The molecule has 1 aliphatic heterocycles. The molecule has 1 aromatic carbocycles. The van der Waals surface area contributed by atoms with Crippen molar-refractivity contribution in [2.75, 3.05) is 6.54 Å². The van der Waals surface area contributed by atoms with Gasteiger partial charge in [-0.05, 0) is 38.5 Å². The van der Waals surface area contributed by atoms with E-state index in [1.54, 1.807) is 29.2 Å². The monoisotopic (exact) mass is 264 g/mol. The first-order valence-electron chi connectivity index (χ1n) is 6.32. The van der Waals surface area contributed by atoms with Gasteiger partial charge in [-0.2, -0.15) is 0 Å². The highest BCUT2D eigenvalue weighted by Crippen LogP contribution is 2.34. The molecule has 19 heavy (non-hydrogen) atoms. The third-order valence-corrected chi connectivity index (χ3v) is 3.01. The number of rotatable bonds is 1. The Balaban J connectivity index is 2.11. The summed E-state index contributed by atoms with van der Waals surface area (Å²) in [4.78, 5) is 13.6. The average Bonchev–Trinajstić information content (AvgIpc) is 2.26. The van der Waals surface area contributed by atoms with E-state index in [2.05, 4.69) is 0 Å². The largest absolute Gasteiger partial charge is 0.508 e. The molecule has 104 valence electrons. The van der Waals surface area contributed by atoms with E-state index in [-0.39, 0.29) is 23.9 Å². The number of carbonyl (C=O) groups is 1. The maximum atomic E-state index is 12.0. The van der Waals surface area contributed by atoms with Crippen LogP contribution in [-0.4, -0.2) is 34.3 Å². The average molecular weight is 264 g/mol. The van der Waals surface area contributed by atoms with Crippen LogP contribution in [0.25, 0.3) is 0 Å². The van der Waals surface area contributed by atoms with Crippen molar-refractivity contribution in [3.8, 4) is 5.75 Å². The summed E-state index contributed by atoms with van der Waals surface area (Å²) in [5, 5.41) is 9.29. The van der Waals surface area contributed by atoms with Gasteiger partial charge in [-0.1, -0.05) is 12.1 Å². The van der Waals surface area contributed by atoms with Gasteiger partial charge in [0.1, 0.15) is 11.4 Å². The molecule has 2 unspecified atom stereocenters. The Labute approximate surface area is 113 Å². The SMILES string of the molecule is CC(C)(C)OC(=O)N1CC(N)C1c1ccc(O)cc1. The maximum absolute atomic E-state index is 12.0. The number of phenols is 1. The second-order valence-electron chi connectivity index (χ2n) is 5.83. The quantitative estimate of drug-likeness (QED) is 0.813. The van der Waals surface area contributed by atoms with Crippen molar-refractivity contribution < 1.29 is 14.6 Å². The van der Waals surface area contributed by atoms with E-state index < -0.39 is 5.60 Å². The Bertz CT molecular complexity index is 465. The van der Waals surface area contributed by atoms with Crippen molar-refractivity contribution in [2.45, 2.75) is 38.5 Å². The second-order valence-corrected chi connectivity index (χ2v) is 5.83. The van der Waals surface area contributed by atoms with Crippen molar-refractivity contribution in [2.24, 2.45) is 5.73 Å². The molecule has 0 spiro atoms. The van der Waals surface area contributed by atoms with Crippen molar-refractivity contribution in [1.82, 2.24) is 4.90 Å². The lowest BCUT2D eigenvalue weighted by atomic mass is 9.90. The van der Waals surface area contributed by atoms with Gasteiger partial charge in [0, 0.05) is 12.6 Å². The molecule has 1 aromatic rings. The van der Waals surface area contributed by atoms with Crippen molar-refractivity contribution in [3.05, 3.63) is 29.8 Å². The third kappa shape index (κ3) is 2.98. The first kappa shape index (κ1) is 13.7. The summed E-state index contributed by atoms with van der Waals surface area (Å²) in [6.45, 7) is 5.99. The van der Waals surface area contributed by atoms with Gasteiger partial charge in [-0.25, -0.2) is 4.79 Å². The van der Waals surface area contributed by atoms with Gasteiger partial charge in [-0.15, -0.1) is 0 Å². The summed E-state index contributed by atoms with van der Waals surface area (Å²) in [7, 11) is 0. The van der Waals surface area contributed by atoms with Crippen LogP contribution >= 0.6 is 0 Å². The van der Waals surface area contributed by atoms with Crippen molar-refractivity contribution >= 4 is 6.09 Å². The molecule has 0 aliphatic carbocycles. The van der Waals surface area contributed by atoms with Crippen LogP contribution in [0, 0.1) is 0 Å². The molecule has 0 bridgehead atoms. The van der Waals surface area contributed by atoms with E-state index >= 15 is 0 Å². The zero-order valence-electron chi connectivity index (χ0n) is 11.5. The van der Waals surface area contributed by atoms with Gasteiger partial charge in [0.25, 0.3) is 0 Å². The molecule has 1 saturated heterocycles. The van der Waals surface area contributed by atoms with Crippen LogP contribution < -0.4 is 5.73 Å². The molecule has 0 radical (unpaired) electrons. The molecule has 0 saturated carbocycles. The molecule has 1 aliphatic rings. The number of amides is 1. The molecule has 1 heterocycles. The summed E-state index contributed by atoms with van der Waals surface area (Å²) in [6, 6.07) is 6.45. The predicted octanol–water partition coefficient (Wildman–Crippen LogP) is 2.01. The fourth-order valence-electron chi connectivity index (χ4n) is 2.14. The minimum Gasteiger partial charge on any atom is -0.508 e. The summed E-state index contributed by atoms with van der Waals surface area (Å²) < 4.78 is 5.35. The van der Waals surface area contributed by atoms with E-state index in [4.69, 9.17) is 10.5 Å². The minimum absolute atomic E-state index is 0.0999. The Morgan fingerprint density at radius 3 is 2.42 bits per heavy atom. The summed E-state index contributed by atoms with van der Waals surface area (Å²) in [5.41, 5.74) is 6.36. The van der Waals surface area contributed by atoms with Gasteiger partial charge in [0.15, 0.2) is 0 Å². The lowest BCUT2D eigenvalue weighted by Gasteiger charge is -2.46. The Hall–Kier alpha value is -1.75. The standard InChI is InChI=1S/C14H20N2O3/c1-14(2,3)19-13(18)16-8-11(15)12(16)9-4-6-10(17)7-5-9/h4-7,11-12,17H,8,15H2,1-3H3. The zero-order valence-corrected chi connectivity index (χ0v) is 11.5.